The minimum Gasteiger partial charge on any atom is -0.279 e. The summed E-state index contributed by atoms with van der Waals surface area (Å²) < 4.78 is 4.90. The standard InChI is InChI=1S/C19H15ClN4OS2/c1-11-14(20)8-9-15-16(11)21-19(26-15)24(10-13-6-4-3-5-7-13)18(25)17-12(2)22-23-27-17/h3-9H,10H2,1-2H3. The van der Waals surface area contributed by atoms with Gasteiger partial charge in [-0.25, -0.2) is 4.98 Å². The van der Waals surface area contributed by atoms with Crippen molar-refractivity contribution in [2.45, 2.75) is 20.4 Å². The van der Waals surface area contributed by atoms with E-state index in [0.29, 0.717) is 27.3 Å². The Morgan fingerprint density at radius 1 is 1.15 bits per heavy atom. The van der Waals surface area contributed by atoms with E-state index in [-0.39, 0.29) is 5.91 Å². The topological polar surface area (TPSA) is 59.0 Å². The normalized spacial score (nSPS) is 11.1. The zero-order valence-electron chi connectivity index (χ0n) is 14.6. The molecule has 1 amide bonds. The van der Waals surface area contributed by atoms with Crippen molar-refractivity contribution in [3.8, 4) is 0 Å². The lowest BCUT2D eigenvalue weighted by atomic mass is 10.2. The van der Waals surface area contributed by atoms with Gasteiger partial charge in [0.05, 0.1) is 22.5 Å². The molecule has 27 heavy (non-hydrogen) atoms. The summed E-state index contributed by atoms with van der Waals surface area (Å²) in [6.07, 6.45) is 0. The van der Waals surface area contributed by atoms with Gasteiger partial charge in [-0.05, 0) is 48.6 Å². The third kappa shape index (κ3) is 3.45. The number of carbonyl (C=O) groups is 1. The number of fused-ring (bicyclic) bond motifs is 1. The van der Waals surface area contributed by atoms with Crippen LogP contribution in [0.1, 0.15) is 26.5 Å². The van der Waals surface area contributed by atoms with Crippen LogP contribution in [0.2, 0.25) is 5.02 Å². The molecule has 5 nitrogen and oxygen atoms in total. The van der Waals surface area contributed by atoms with Crippen LogP contribution in [0.15, 0.2) is 42.5 Å². The number of thiazole rings is 1. The zero-order chi connectivity index (χ0) is 19.0. The molecule has 2 aromatic carbocycles. The van der Waals surface area contributed by atoms with E-state index in [2.05, 4.69) is 9.59 Å². The monoisotopic (exact) mass is 414 g/mol. The Kier molecular flexibility index (Phi) is 4.90. The van der Waals surface area contributed by atoms with Gasteiger partial charge in [-0.3, -0.25) is 9.69 Å². The molecular weight excluding hydrogens is 400 g/mol. The van der Waals surface area contributed by atoms with Gasteiger partial charge in [0.1, 0.15) is 4.88 Å². The molecule has 0 atom stereocenters. The van der Waals surface area contributed by atoms with Crippen LogP contribution in [0.5, 0.6) is 0 Å². The number of nitrogens with zero attached hydrogens (tertiary/aromatic N) is 4. The summed E-state index contributed by atoms with van der Waals surface area (Å²) in [5.41, 5.74) is 3.39. The first-order valence-corrected chi connectivity index (χ1v) is 10.2. The van der Waals surface area contributed by atoms with Crippen LogP contribution in [-0.2, 0) is 6.54 Å². The second kappa shape index (κ2) is 7.34. The predicted octanol–water partition coefficient (Wildman–Crippen LogP) is 5.27. The molecule has 0 bridgehead atoms. The number of halogens is 1. The van der Waals surface area contributed by atoms with Crippen molar-refractivity contribution in [1.82, 2.24) is 14.6 Å². The van der Waals surface area contributed by atoms with Crippen LogP contribution in [0, 0.1) is 13.8 Å². The van der Waals surface area contributed by atoms with Gasteiger partial charge < -0.3 is 0 Å². The molecule has 0 spiro atoms. The maximum absolute atomic E-state index is 13.3. The van der Waals surface area contributed by atoms with E-state index in [0.717, 1.165) is 32.9 Å². The van der Waals surface area contributed by atoms with Crippen LogP contribution in [0.25, 0.3) is 10.2 Å². The molecular formula is C19H15ClN4OS2. The molecule has 4 aromatic rings. The average molecular weight is 415 g/mol. The van der Waals surface area contributed by atoms with Gasteiger partial charge in [0.25, 0.3) is 5.91 Å². The SMILES string of the molecule is Cc1nnsc1C(=O)N(Cc1ccccc1)c1nc2c(C)c(Cl)ccc2s1. The van der Waals surface area contributed by atoms with Crippen LogP contribution in [0.4, 0.5) is 5.13 Å². The van der Waals surface area contributed by atoms with Crippen LogP contribution >= 0.6 is 34.5 Å². The van der Waals surface area contributed by atoms with Gasteiger partial charge in [-0.1, -0.05) is 57.8 Å². The first-order valence-electron chi connectivity index (χ1n) is 8.25. The Labute approximate surface area is 169 Å². The smallest absolute Gasteiger partial charge is 0.274 e. The number of hydrogen-bond acceptors (Lipinski definition) is 6. The van der Waals surface area contributed by atoms with Crippen molar-refractivity contribution < 1.29 is 4.79 Å². The summed E-state index contributed by atoms with van der Waals surface area (Å²) in [5, 5.41) is 5.28. The molecule has 0 saturated carbocycles. The average Bonchev–Trinajstić information content (AvgIpc) is 3.30. The number of hydrogen-bond donors (Lipinski definition) is 0. The minimum atomic E-state index is -0.144. The van der Waals surface area contributed by atoms with Gasteiger partial charge in [0.15, 0.2) is 5.13 Å². The van der Waals surface area contributed by atoms with E-state index >= 15 is 0 Å². The molecule has 0 aliphatic carbocycles. The molecule has 8 heteroatoms. The van der Waals surface area contributed by atoms with Gasteiger partial charge in [0.2, 0.25) is 0 Å². The fourth-order valence-corrected chi connectivity index (χ4v) is 4.53. The third-order valence-electron chi connectivity index (χ3n) is 4.24. The highest BCUT2D eigenvalue weighted by Crippen LogP contribution is 2.35. The number of anilines is 1. The van der Waals surface area contributed by atoms with Gasteiger partial charge in [0, 0.05) is 5.02 Å². The van der Waals surface area contributed by atoms with E-state index in [1.165, 1.54) is 11.3 Å². The highest BCUT2D eigenvalue weighted by molar-refractivity contribution is 7.22. The summed E-state index contributed by atoms with van der Waals surface area (Å²) in [5.74, 6) is -0.144. The molecule has 0 aliphatic rings. The lowest BCUT2D eigenvalue weighted by molar-refractivity contribution is 0.0988. The van der Waals surface area contributed by atoms with Crippen molar-refractivity contribution in [3.63, 3.8) is 0 Å². The Hall–Kier alpha value is -2.35. The van der Waals surface area contributed by atoms with Crippen LogP contribution < -0.4 is 4.90 Å². The Bertz CT molecular complexity index is 1120. The molecule has 0 N–H and O–H groups in total. The Morgan fingerprint density at radius 3 is 2.63 bits per heavy atom. The highest BCUT2D eigenvalue weighted by Gasteiger charge is 2.25. The van der Waals surface area contributed by atoms with Gasteiger partial charge in [-0.15, -0.1) is 5.10 Å². The molecule has 2 aromatic heterocycles. The number of amides is 1. The fraction of sp³-hybridized carbons (Fsp3) is 0.158. The van der Waals surface area contributed by atoms with Crippen molar-refractivity contribution >= 4 is 55.7 Å². The zero-order valence-corrected chi connectivity index (χ0v) is 17.0. The molecule has 0 saturated heterocycles. The number of aromatic nitrogens is 3. The fourth-order valence-electron chi connectivity index (χ4n) is 2.75. The van der Waals surface area contributed by atoms with Gasteiger partial charge in [-0.2, -0.15) is 0 Å². The number of aryl methyl sites for hydroxylation is 2. The summed E-state index contributed by atoms with van der Waals surface area (Å²) in [6, 6.07) is 13.7. The highest BCUT2D eigenvalue weighted by atomic mass is 35.5. The molecule has 0 unspecified atom stereocenters. The van der Waals surface area contributed by atoms with Crippen LogP contribution in [0.3, 0.4) is 0 Å². The predicted molar refractivity (Wildman–Crippen MR) is 111 cm³/mol. The third-order valence-corrected chi connectivity index (χ3v) is 6.51. The quantitative estimate of drug-likeness (QED) is 0.456. The molecule has 0 fully saturated rings. The molecule has 0 radical (unpaired) electrons. The first kappa shape index (κ1) is 18.0. The van der Waals surface area contributed by atoms with Crippen molar-refractivity contribution in [1.29, 1.82) is 0 Å². The number of benzene rings is 2. The summed E-state index contributed by atoms with van der Waals surface area (Å²) >= 11 is 8.83. The molecule has 2 heterocycles. The summed E-state index contributed by atoms with van der Waals surface area (Å²) in [6.45, 7) is 4.15. The lowest BCUT2D eigenvalue weighted by Crippen LogP contribution is -2.30. The molecule has 136 valence electrons. The maximum atomic E-state index is 13.3. The number of rotatable bonds is 4. The van der Waals surface area contributed by atoms with Crippen molar-refractivity contribution in [3.05, 3.63) is 69.2 Å². The summed E-state index contributed by atoms with van der Waals surface area (Å²) in [7, 11) is 0. The number of carbonyl (C=O) groups excluding carboxylic acids is 1. The van der Waals surface area contributed by atoms with E-state index < -0.39 is 0 Å². The van der Waals surface area contributed by atoms with Crippen molar-refractivity contribution in [2.24, 2.45) is 0 Å². The second-order valence-electron chi connectivity index (χ2n) is 6.08. The molecule has 0 aliphatic heterocycles. The van der Waals surface area contributed by atoms with Crippen molar-refractivity contribution in [2.75, 3.05) is 4.90 Å². The van der Waals surface area contributed by atoms with Crippen LogP contribution in [-0.4, -0.2) is 20.5 Å². The first-order chi connectivity index (χ1) is 13.0. The van der Waals surface area contributed by atoms with E-state index in [1.807, 2.05) is 49.4 Å². The lowest BCUT2D eigenvalue weighted by Gasteiger charge is -2.19. The van der Waals surface area contributed by atoms with E-state index in [4.69, 9.17) is 16.6 Å². The van der Waals surface area contributed by atoms with Gasteiger partial charge >= 0.3 is 0 Å². The molecule has 4 rings (SSSR count). The minimum absolute atomic E-state index is 0.144. The Morgan fingerprint density at radius 2 is 1.93 bits per heavy atom. The maximum Gasteiger partial charge on any atom is 0.274 e. The second-order valence-corrected chi connectivity index (χ2v) is 8.25. The largest absolute Gasteiger partial charge is 0.279 e. The Balaban J connectivity index is 1.81. The summed E-state index contributed by atoms with van der Waals surface area (Å²) in [4.78, 5) is 20.2. The van der Waals surface area contributed by atoms with E-state index in [9.17, 15) is 4.79 Å². The van der Waals surface area contributed by atoms with E-state index in [1.54, 1.807) is 11.8 Å².